The summed E-state index contributed by atoms with van der Waals surface area (Å²) in [6.45, 7) is 3.42. The third-order valence-electron chi connectivity index (χ3n) is 7.22. The molecule has 7 nitrogen and oxygen atoms in total. The molecule has 4 aromatic rings. The number of halogens is 4. The molecule has 1 unspecified atom stereocenters. The summed E-state index contributed by atoms with van der Waals surface area (Å²) in [5.74, 6) is -1.03. The molecule has 4 rings (SSSR count). The maximum Gasteiger partial charge on any atom is 0.264 e. The van der Waals surface area contributed by atoms with E-state index >= 15 is 0 Å². The van der Waals surface area contributed by atoms with Crippen LogP contribution in [0.5, 0.6) is 0 Å². The van der Waals surface area contributed by atoms with E-state index in [0.29, 0.717) is 23.6 Å². The van der Waals surface area contributed by atoms with Crippen LogP contribution in [-0.4, -0.2) is 44.3 Å². The number of carbonyl (C=O) groups is 2. The van der Waals surface area contributed by atoms with E-state index in [0.717, 1.165) is 15.4 Å². The zero-order chi connectivity index (χ0) is 33.4. The van der Waals surface area contributed by atoms with E-state index in [1.165, 1.54) is 35.2 Å². The standard InChI is InChI=1S/C34H33Cl4N3O4S/c1-3-17-39-34(43)32(19-24-7-5-4-6-8-24)40(21-25-11-15-28(36)30(38)18-25)33(42)22-41(31-20-26(35)12-16-29(31)37)46(44,45)27-13-9-23(2)10-14-27/h4-16,18,20,32H,3,17,19,21-22H2,1-2H3,(H,39,43). The minimum Gasteiger partial charge on any atom is -0.354 e. The normalized spacial score (nSPS) is 12.0. The number of nitrogens with zero attached hydrogens (tertiary/aromatic N) is 2. The highest BCUT2D eigenvalue weighted by molar-refractivity contribution is 7.92. The van der Waals surface area contributed by atoms with Crippen LogP contribution in [-0.2, 0) is 32.6 Å². The van der Waals surface area contributed by atoms with Crippen LogP contribution in [0.4, 0.5) is 5.69 Å². The Kier molecular flexibility index (Phi) is 12.4. The summed E-state index contributed by atoms with van der Waals surface area (Å²) >= 11 is 25.3. The number of carbonyl (C=O) groups excluding carboxylic acids is 2. The van der Waals surface area contributed by atoms with Gasteiger partial charge >= 0.3 is 0 Å². The molecule has 1 atom stereocenters. The van der Waals surface area contributed by atoms with Crippen molar-refractivity contribution >= 4 is 73.9 Å². The van der Waals surface area contributed by atoms with Gasteiger partial charge in [0, 0.05) is 24.5 Å². The quantitative estimate of drug-likeness (QED) is 0.152. The Labute approximate surface area is 290 Å². The Hall–Kier alpha value is -3.27. The molecule has 0 saturated carbocycles. The number of amides is 2. The van der Waals surface area contributed by atoms with Crippen molar-refractivity contribution in [3.05, 3.63) is 128 Å². The fourth-order valence-corrected chi connectivity index (χ4v) is 6.96. The predicted molar refractivity (Wildman–Crippen MR) is 186 cm³/mol. The van der Waals surface area contributed by atoms with Gasteiger partial charge in [0.05, 0.1) is 25.7 Å². The van der Waals surface area contributed by atoms with E-state index in [4.69, 9.17) is 46.4 Å². The van der Waals surface area contributed by atoms with Gasteiger partial charge in [0.25, 0.3) is 10.0 Å². The smallest absolute Gasteiger partial charge is 0.264 e. The Balaban J connectivity index is 1.84. The van der Waals surface area contributed by atoms with Crippen LogP contribution in [0, 0.1) is 6.92 Å². The lowest BCUT2D eigenvalue weighted by atomic mass is 10.0. The second kappa shape index (κ2) is 16.0. The lowest BCUT2D eigenvalue weighted by Crippen LogP contribution is -2.53. The molecule has 0 fully saturated rings. The zero-order valence-corrected chi connectivity index (χ0v) is 29.1. The number of nitrogens with one attached hydrogen (secondary N) is 1. The van der Waals surface area contributed by atoms with E-state index in [-0.39, 0.29) is 44.5 Å². The van der Waals surface area contributed by atoms with Gasteiger partial charge in [0.2, 0.25) is 11.8 Å². The minimum atomic E-state index is -4.34. The monoisotopic (exact) mass is 719 g/mol. The second-order valence-corrected chi connectivity index (χ2v) is 14.2. The Bertz CT molecular complexity index is 1790. The first-order valence-electron chi connectivity index (χ1n) is 14.5. The van der Waals surface area contributed by atoms with Gasteiger partial charge in [-0.3, -0.25) is 13.9 Å². The first-order chi connectivity index (χ1) is 21.9. The van der Waals surface area contributed by atoms with Crippen molar-refractivity contribution in [2.24, 2.45) is 0 Å². The largest absolute Gasteiger partial charge is 0.354 e. The number of aryl methyl sites for hydroxylation is 1. The molecule has 0 spiro atoms. The summed E-state index contributed by atoms with van der Waals surface area (Å²) in [4.78, 5) is 29.6. The van der Waals surface area contributed by atoms with E-state index < -0.39 is 28.5 Å². The maximum atomic E-state index is 14.5. The number of hydrogen-bond donors (Lipinski definition) is 1. The van der Waals surface area contributed by atoms with Gasteiger partial charge in [0.15, 0.2) is 0 Å². The van der Waals surface area contributed by atoms with Crippen LogP contribution < -0.4 is 9.62 Å². The summed E-state index contributed by atoms with van der Waals surface area (Å²) in [5, 5.41) is 3.81. The summed E-state index contributed by atoms with van der Waals surface area (Å²) in [6, 6.07) is 23.8. The first-order valence-corrected chi connectivity index (χ1v) is 17.5. The molecule has 0 aliphatic heterocycles. The Morgan fingerprint density at radius 3 is 2.13 bits per heavy atom. The summed E-state index contributed by atoms with van der Waals surface area (Å²) in [5.41, 5.74) is 2.29. The van der Waals surface area contributed by atoms with Gasteiger partial charge in [-0.25, -0.2) is 8.42 Å². The van der Waals surface area contributed by atoms with Crippen LogP contribution in [0.3, 0.4) is 0 Å². The number of benzene rings is 4. The predicted octanol–water partition coefficient (Wildman–Crippen LogP) is 7.97. The number of rotatable bonds is 13. The average molecular weight is 722 g/mol. The number of anilines is 1. The highest BCUT2D eigenvalue weighted by Crippen LogP contribution is 2.34. The van der Waals surface area contributed by atoms with Crippen molar-refractivity contribution in [1.29, 1.82) is 0 Å². The lowest BCUT2D eigenvalue weighted by molar-refractivity contribution is -0.140. The van der Waals surface area contributed by atoms with Crippen molar-refractivity contribution < 1.29 is 18.0 Å². The third-order valence-corrected chi connectivity index (χ3v) is 10.3. The first kappa shape index (κ1) is 35.6. The molecule has 242 valence electrons. The van der Waals surface area contributed by atoms with Gasteiger partial charge < -0.3 is 10.2 Å². The third kappa shape index (κ3) is 8.96. The summed E-state index contributed by atoms with van der Waals surface area (Å²) in [7, 11) is -4.34. The van der Waals surface area contributed by atoms with Crippen LogP contribution >= 0.6 is 46.4 Å². The van der Waals surface area contributed by atoms with Crippen molar-refractivity contribution in [2.45, 2.75) is 44.2 Å². The molecule has 0 bridgehead atoms. The molecule has 0 aromatic heterocycles. The zero-order valence-electron chi connectivity index (χ0n) is 25.2. The van der Waals surface area contributed by atoms with Gasteiger partial charge in [-0.1, -0.05) is 107 Å². The Morgan fingerprint density at radius 2 is 1.48 bits per heavy atom. The van der Waals surface area contributed by atoms with Crippen molar-refractivity contribution in [3.63, 3.8) is 0 Å². The van der Waals surface area contributed by atoms with Gasteiger partial charge in [-0.15, -0.1) is 0 Å². The SMILES string of the molecule is CCCNC(=O)C(Cc1ccccc1)N(Cc1ccc(Cl)c(Cl)c1)C(=O)CN(c1cc(Cl)ccc1Cl)S(=O)(=O)c1ccc(C)cc1. The van der Waals surface area contributed by atoms with Crippen molar-refractivity contribution in [2.75, 3.05) is 17.4 Å². The highest BCUT2D eigenvalue weighted by atomic mass is 35.5. The molecule has 12 heteroatoms. The fourth-order valence-electron chi connectivity index (χ4n) is 4.78. The topological polar surface area (TPSA) is 86.8 Å². The molecule has 0 heterocycles. The second-order valence-electron chi connectivity index (χ2n) is 10.7. The summed E-state index contributed by atoms with van der Waals surface area (Å²) < 4.78 is 29.3. The lowest BCUT2D eigenvalue weighted by Gasteiger charge is -2.34. The van der Waals surface area contributed by atoms with Gasteiger partial charge in [0.1, 0.15) is 12.6 Å². The van der Waals surface area contributed by atoms with E-state index in [2.05, 4.69) is 5.32 Å². The molecule has 4 aromatic carbocycles. The maximum absolute atomic E-state index is 14.5. The van der Waals surface area contributed by atoms with Crippen LogP contribution in [0.15, 0.2) is 95.9 Å². The van der Waals surface area contributed by atoms with Gasteiger partial charge in [-0.05, 0) is 66.9 Å². The van der Waals surface area contributed by atoms with Crippen LogP contribution in [0.25, 0.3) is 0 Å². The molecule has 46 heavy (non-hydrogen) atoms. The van der Waals surface area contributed by atoms with E-state index in [1.807, 2.05) is 44.2 Å². The number of sulfonamides is 1. The minimum absolute atomic E-state index is 0.0209. The molecular weight excluding hydrogens is 688 g/mol. The fraction of sp³-hybridized carbons (Fsp3) is 0.235. The van der Waals surface area contributed by atoms with Gasteiger partial charge in [-0.2, -0.15) is 0 Å². The molecule has 0 aliphatic carbocycles. The molecule has 0 aliphatic rings. The molecule has 0 saturated heterocycles. The van der Waals surface area contributed by atoms with Crippen LogP contribution in [0.1, 0.15) is 30.0 Å². The number of hydrogen-bond acceptors (Lipinski definition) is 4. The van der Waals surface area contributed by atoms with Crippen molar-refractivity contribution in [1.82, 2.24) is 10.2 Å². The van der Waals surface area contributed by atoms with E-state index in [1.54, 1.807) is 30.3 Å². The van der Waals surface area contributed by atoms with Crippen molar-refractivity contribution in [3.8, 4) is 0 Å². The molecule has 2 amide bonds. The Morgan fingerprint density at radius 1 is 0.804 bits per heavy atom. The average Bonchev–Trinajstić information content (AvgIpc) is 3.03. The molecule has 0 radical (unpaired) electrons. The van der Waals surface area contributed by atoms with E-state index in [9.17, 15) is 18.0 Å². The molecule has 1 N–H and O–H groups in total. The molecular formula is C34H33Cl4N3O4S. The highest BCUT2D eigenvalue weighted by Gasteiger charge is 2.35. The summed E-state index contributed by atoms with van der Waals surface area (Å²) in [6.07, 6.45) is 0.854. The van der Waals surface area contributed by atoms with Crippen LogP contribution in [0.2, 0.25) is 20.1 Å².